The Labute approximate surface area is 219 Å². The number of amides is 3. The molecule has 10 nitrogen and oxygen atoms in total. The number of epoxide rings is 1. The molecule has 3 N–H and O–H groups in total. The standard InChI is InChI=1S/C24H36F2N4O6S/c1-12(2)7-15(19(31)24(6)11-36-24)28-21(33)17(10-35-23(25)26)30-20(32)16(8-13(3)4)29-22(34)18-9-27-14(5)37-18/h9,12-13,15-17,23H,7-8,10-11H2,1-6H3,(H,28,33)(H,29,34)(H,30,32)/t15-,16-,17-,24+/m0/s1. The van der Waals surface area contributed by atoms with Crippen LogP contribution < -0.4 is 16.0 Å². The number of thiazole rings is 1. The number of ketones is 1. The number of aromatic nitrogens is 1. The predicted molar refractivity (Wildman–Crippen MR) is 132 cm³/mol. The van der Waals surface area contributed by atoms with Gasteiger partial charge in [0.25, 0.3) is 5.91 Å². The molecule has 0 saturated carbocycles. The van der Waals surface area contributed by atoms with E-state index >= 15 is 0 Å². The molecule has 0 spiro atoms. The summed E-state index contributed by atoms with van der Waals surface area (Å²) in [5, 5.41) is 8.29. The Hall–Kier alpha value is -2.51. The van der Waals surface area contributed by atoms with E-state index in [1.807, 2.05) is 27.7 Å². The molecule has 1 aliphatic heterocycles. The highest BCUT2D eigenvalue weighted by Gasteiger charge is 2.50. The number of aryl methyl sites for hydroxylation is 1. The summed E-state index contributed by atoms with van der Waals surface area (Å²) in [5.41, 5.74) is -1.01. The van der Waals surface area contributed by atoms with Gasteiger partial charge in [0.1, 0.15) is 22.6 Å². The van der Waals surface area contributed by atoms with Crippen molar-refractivity contribution in [3.05, 3.63) is 16.1 Å². The monoisotopic (exact) mass is 546 g/mol. The molecule has 208 valence electrons. The van der Waals surface area contributed by atoms with Gasteiger partial charge in [-0.25, -0.2) is 4.98 Å². The minimum Gasteiger partial charge on any atom is -0.361 e. The van der Waals surface area contributed by atoms with Crippen LogP contribution in [0.2, 0.25) is 0 Å². The Balaban J connectivity index is 2.18. The third-order valence-corrected chi connectivity index (χ3v) is 6.55. The van der Waals surface area contributed by atoms with E-state index in [0.29, 0.717) is 16.3 Å². The smallest absolute Gasteiger partial charge is 0.345 e. The van der Waals surface area contributed by atoms with E-state index in [9.17, 15) is 28.0 Å². The van der Waals surface area contributed by atoms with Crippen LogP contribution in [0.4, 0.5) is 8.78 Å². The molecule has 3 amide bonds. The van der Waals surface area contributed by atoms with Gasteiger partial charge in [-0.15, -0.1) is 11.3 Å². The number of ether oxygens (including phenoxy) is 2. The average Bonchev–Trinajstić information content (AvgIpc) is 3.39. The van der Waals surface area contributed by atoms with E-state index in [1.54, 1.807) is 13.8 Å². The lowest BCUT2D eigenvalue weighted by molar-refractivity contribution is -0.148. The molecule has 4 atom stereocenters. The number of rotatable bonds is 15. The molecule has 0 aliphatic carbocycles. The number of carbonyl (C=O) groups excluding carboxylic acids is 4. The second-order valence-electron chi connectivity index (χ2n) is 10.1. The second kappa shape index (κ2) is 13.3. The maximum Gasteiger partial charge on any atom is 0.345 e. The van der Waals surface area contributed by atoms with Gasteiger partial charge in [-0.1, -0.05) is 27.7 Å². The lowest BCUT2D eigenvalue weighted by Crippen LogP contribution is -2.58. The molecule has 1 saturated heterocycles. The fraction of sp³-hybridized carbons (Fsp3) is 0.708. The van der Waals surface area contributed by atoms with Gasteiger partial charge in [-0.3, -0.25) is 19.2 Å². The van der Waals surface area contributed by atoms with Gasteiger partial charge in [-0.2, -0.15) is 8.78 Å². The van der Waals surface area contributed by atoms with Crippen LogP contribution in [0.25, 0.3) is 0 Å². The fourth-order valence-corrected chi connectivity index (χ4v) is 4.30. The highest BCUT2D eigenvalue weighted by molar-refractivity contribution is 7.13. The molecule has 0 aromatic carbocycles. The Morgan fingerprint density at radius 1 is 1.03 bits per heavy atom. The summed E-state index contributed by atoms with van der Waals surface area (Å²) in [4.78, 5) is 56.1. The van der Waals surface area contributed by atoms with Crippen molar-refractivity contribution < 1.29 is 37.4 Å². The van der Waals surface area contributed by atoms with Crippen LogP contribution in [0.1, 0.15) is 62.1 Å². The van der Waals surface area contributed by atoms with Crippen molar-refractivity contribution in [2.75, 3.05) is 13.2 Å². The SMILES string of the molecule is Cc1ncc(C(=O)N[C@@H](CC(C)C)C(=O)N[C@@H](COC(F)F)C(=O)N[C@@H](CC(C)C)C(=O)[C@@]2(C)CO2)s1. The zero-order chi connectivity index (χ0) is 27.9. The zero-order valence-electron chi connectivity index (χ0n) is 21.9. The molecule has 1 aromatic rings. The lowest BCUT2D eigenvalue weighted by atomic mass is 9.93. The number of nitrogens with one attached hydrogen (secondary N) is 3. The Kier molecular flexibility index (Phi) is 11.1. The summed E-state index contributed by atoms with van der Waals surface area (Å²) in [6.45, 7) is 6.97. The van der Waals surface area contributed by atoms with Crippen molar-refractivity contribution in [3.8, 4) is 0 Å². The zero-order valence-corrected chi connectivity index (χ0v) is 22.7. The fourth-order valence-electron chi connectivity index (χ4n) is 3.62. The third-order valence-electron chi connectivity index (χ3n) is 5.63. The summed E-state index contributed by atoms with van der Waals surface area (Å²) in [7, 11) is 0. The summed E-state index contributed by atoms with van der Waals surface area (Å²) in [6.07, 6.45) is 1.91. The van der Waals surface area contributed by atoms with Gasteiger partial charge >= 0.3 is 6.61 Å². The highest BCUT2D eigenvalue weighted by atomic mass is 32.1. The van der Waals surface area contributed by atoms with Gasteiger partial charge in [0.2, 0.25) is 11.8 Å². The van der Waals surface area contributed by atoms with Crippen LogP contribution in [-0.4, -0.2) is 72.0 Å². The van der Waals surface area contributed by atoms with Crippen molar-refractivity contribution in [1.82, 2.24) is 20.9 Å². The molecule has 1 fully saturated rings. The van der Waals surface area contributed by atoms with Gasteiger partial charge in [-0.05, 0) is 38.5 Å². The summed E-state index contributed by atoms with van der Waals surface area (Å²) in [6, 6.07) is -3.52. The lowest BCUT2D eigenvalue weighted by Gasteiger charge is -2.26. The molecule has 0 radical (unpaired) electrons. The average molecular weight is 547 g/mol. The molecule has 13 heteroatoms. The first-order valence-corrected chi connectivity index (χ1v) is 13.0. The van der Waals surface area contributed by atoms with E-state index in [1.165, 1.54) is 6.20 Å². The summed E-state index contributed by atoms with van der Waals surface area (Å²) in [5.74, 6) is -2.44. The van der Waals surface area contributed by atoms with E-state index in [2.05, 4.69) is 25.7 Å². The molecule has 2 heterocycles. The molecule has 1 aliphatic rings. The third kappa shape index (κ3) is 9.71. The highest BCUT2D eigenvalue weighted by Crippen LogP contribution is 2.29. The number of alkyl halides is 2. The van der Waals surface area contributed by atoms with Gasteiger partial charge in [0, 0.05) is 0 Å². The van der Waals surface area contributed by atoms with Crippen LogP contribution in [0.3, 0.4) is 0 Å². The largest absolute Gasteiger partial charge is 0.361 e. The minimum atomic E-state index is -3.18. The first-order valence-electron chi connectivity index (χ1n) is 12.1. The van der Waals surface area contributed by atoms with Crippen molar-refractivity contribution in [1.29, 1.82) is 0 Å². The summed E-state index contributed by atoms with van der Waals surface area (Å²) >= 11 is 1.16. The van der Waals surface area contributed by atoms with Crippen LogP contribution in [0, 0.1) is 18.8 Å². The van der Waals surface area contributed by atoms with Crippen molar-refractivity contribution >= 4 is 34.8 Å². The molecule has 2 rings (SSSR count). The van der Waals surface area contributed by atoms with E-state index in [0.717, 1.165) is 11.3 Å². The number of nitrogens with zero attached hydrogens (tertiary/aromatic N) is 1. The van der Waals surface area contributed by atoms with Gasteiger partial charge < -0.3 is 25.4 Å². The number of halogens is 2. The normalized spacial score (nSPS) is 19.4. The molecular formula is C24H36F2N4O6S. The first kappa shape index (κ1) is 30.7. The minimum absolute atomic E-state index is 0.0174. The van der Waals surface area contributed by atoms with Crippen molar-refractivity contribution in [2.24, 2.45) is 11.8 Å². The van der Waals surface area contributed by atoms with Crippen LogP contribution in [-0.2, 0) is 23.9 Å². The molecular weight excluding hydrogens is 510 g/mol. The van der Waals surface area contributed by atoms with Crippen molar-refractivity contribution in [2.45, 2.75) is 84.7 Å². The maximum atomic E-state index is 13.1. The molecule has 37 heavy (non-hydrogen) atoms. The number of hydrogen-bond donors (Lipinski definition) is 3. The Morgan fingerprint density at radius 3 is 2.05 bits per heavy atom. The van der Waals surface area contributed by atoms with Crippen molar-refractivity contribution in [3.63, 3.8) is 0 Å². The van der Waals surface area contributed by atoms with Gasteiger partial charge in [0.15, 0.2) is 5.78 Å². The molecule has 1 aromatic heterocycles. The topological polar surface area (TPSA) is 139 Å². The van der Waals surface area contributed by atoms with Crippen LogP contribution in [0.5, 0.6) is 0 Å². The van der Waals surface area contributed by atoms with Crippen LogP contribution in [0.15, 0.2) is 6.20 Å². The number of Topliss-reactive ketones (excluding diaryl/α,β-unsaturated/α-hetero) is 1. The quantitative estimate of drug-likeness (QED) is 0.287. The van der Waals surface area contributed by atoms with Crippen LogP contribution >= 0.6 is 11.3 Å². The van der Waals surface area contributed by atoms with E-state index < -0.39 is 54.7 Å². The van der Waals surface area contributed by atoms with E-state index in [-0.39, 0.29) is 30.6 Å². The first-order chi connectivity index (χ1) is 17.2. The maximum absolute atomic E-state index is 13.1. The van der Waals surface area contributed by atoms with Gasteiger partial charge in [0.05, 0.1) is 30.5 Å². The van der Waals surface area contributed by atoms with E-state index in [4.69, 9.17) is 4.74 Å². The predicted octanol–water partition coefficient (Wildman–Crippen LogP) is 2.21. The number of hydrogen-bond acceptors (Lipinski definition) is 8. The Morgan fingerprint density at radius 2 is 1.57 bits per heavy atom. The second-order valence-corrected chi connectivity index (χ2v) is 11.4. The Bertz CT molecular complexity index is 967. The molecule has 0 unspecified atom stereocenters. The molecule has 0 bridgehead atoms. The number of carbonyl (C=O) groups is 4. The summed E-state index contributed by atoms with van der Waals surface area (Å²) < 4.78 is 35.2.